The quantitative estimate of drug-likeness (QED) is 0.390. The number of nitrogens with one attached hydrogen (secondary N) is 2. The van der Waals surface area contributed by atoms with E-state index in [4.69, 9.17) is 9.47 Å². The predicted molar refractivity (Wildman–Crippen MR) is 152 cm³/mol. The molecule has 200 valence electrons. The Morgan fingerprint density at radius 3 is 2.29 bits per heavy atom. The van der Waals surface area contributed by atoms with Gasteiger partial charge in [-0.1, -0.05) is 30.3 Å². The van der Waals surface area contributed by atoms with Gasteiger partial charge < -0.3 is 25.0 Å². The number of nitrogens with zero attached hydrogens (tertiary/aromatic N) is 1. The van der Waals surface area contributed by atoms with Crippen LogP contribution < -0.4 is 25.0 Å². The van der Waals surface area contributed by atoms with E-state index >= 15 is 0 Å². The number of anilines is 2. The van der Waals surface area contributed by atoms with Crippen molar-refractivity contribution < 1.29 is 19.1 Å². The molecule has 0 aliphatic carbocycles. The lowest BCUT2D eigenvalue weighted by molar-refractivity contribution is 0.0942. The van der Waals surface area contributed by atoms with Crippen LogP contribution in [0.5, 0.6) is 11.5 Å². The molecule has 1 aliphatic heterocycles. The van der Waals surface area contributed by atoms with Gasteiger partial charge in [0.1, 0.15) is 11.5 Å². The van der Waals surface area contributed by atoms with Crippen molar-refractivity contribution in [2.45, 2.75) is 39.2 Å². The molecule has 0 radical (unpaired) electrons. The second-order valence-corrected chi connectivity index (χ2v) is 10.0. The first-order valence-corrected chi connectivity index (χ1v) is 13.1. The standard InChI is InChI=1S/C31H37N3O4/c1-21(2)32-31(36)27-19-24(33-30(35)26-12-11-25(37-3)20-29(26)38-4)10-13-28(27)34-16-14-23(15-17-34)18-22-8-6-5-7-9-22/h5-13,19-21,23H,14-18H2,1-4H3,(H,32,36)(H,33,35). The van der Waals surface area contributed by atoms with Gasteiger partial charge in [0, 0.05) is 36.6 Å². The lowest BCUT2D eigenvalue weighted by Gasteiger charge is -2.35. The van der Waals surface area contributed by atoms with Gasteiger partial charge in [0.05, 0.1) is 25.3 Å². The zero-order valence-electron chi connectivity index (χ0n) is 22.6. The molecule has 0 aromatic heterocycles. The molecule has 0 saturated carbocycles. The molecule has 4 rings (SSSR count). The smallest absolute Gasteiger partial charge is 0.259 e. The summed E-state index contributed by atoms with van der Waals surface area (Å²) in [6.07, 6.45) is 3.21. The Balaban J connectivity index is 1.52. The molecule has 0 bridgehead atoms. The molecule has 1 saturated heterocycles. The molecule has 3 aromatic carbocycles. The van der Waals surface area contributed by atoms with Gasteiger partial charge in [0.2, 0.25) is 0 Å². The Labute approximate surface area is 225 Å². The Bertz CT molecular complexity index is 1250. The molecule has 0 spiro atoms. The topological polar surface area (TPSA) is 79.9 Å². The Morgan fingerprint density at radius 2 is 1.63 bits per heavy atom. The zero-order chi connectivity index (χ0) is 27.1. The Morgan fingerprint density at radius 1 is 0.895 bits per heavy atom. The van der Waals surface area contributed by atoms with Gasteiger partial charge >= 0.3 is 0 Å². The van der Waals surface area contributed by atoms with E-state index in [1.807, 2.05) is 26.0 Å². The van der Waals surface area contributed by atoms with Crippen molar-refractivity contribution >= 4 is 23.2 Å². The lowest BCUT2D eigenvalue weighted by atomic mass is 9.89. The molecule has 2 N–H and O–H groups in total. The highest BCUT2D eigenvalue weighted by atomic mass is 16.5. The summed E-state index contributed by atoms with van der Waals surface area (Å²) in [5.74, 6) is 1.16. The molecule has 0 atom stereocenters. The number of rotatable bonds is 9. The van der Waals surface area contributed by atoms with Gasteiger partial charge in [0.25, 0.3) is 11.8 Å². The first kappa shape index (κ1) is 27.0. The second kappa shape index (κ2) is 12.5. The molecule has 7 nitrogen and oxygen atoms in total. The van der Waals surface area contributed by atoms with E-state index in [-0.39, 0.29) is 17.9 Å². The molecule has 3 aromatic rings. The number of methoxy groups -OCH3 is 2. The first-order chi connectivity index (χ1) is 18.4. The predicted octanol–water partition coefficient (Wildman–Crippen LogP) is 5.55. The number of carbonyl (C=O) groups excluding carboxylic acids is 2. The van der Waals surface area contributed by atoms with Gasteiger partial charge in [-0.05, 0) is 74.9 Å². The zero-order valence-corrected chi connectivity index (χ0v) is 22.6. The number of ether oxygens (including phenoxy) is 2. The molecular formula is C31H37N3O4. The van der Waals surface area contributed by atoms with Crippen LogP contribution in [-0.4, -0.2) is 45.2 Å². The summed E-state index contributed by atoms with van der Waals surface area (Å²) in [5, 5.41) is 5.94. The van der Waals surface area contributed by atoms with Crippen molar-refractivity contribution in [3.63, 3.8) is 0 Å². The lowest BCUT2D eigenvalue weighted by Crippen LogP contribution is -2.37. The number of benzene rings is 3. The first-order valence-electron chi connectivity index (χ1n) is 13.1. The third kappa shape index (κ3) is 6.65. The summed E-state index contributed by atoms with van der Waals surface area (Å²) in [7, 11) is 3.07. The second-order valence-electron chi connectivity index (χ2n) is 10.0. The molecule has 7 heteroatoms. The van der Waals surface area contributed by atoms with E-state index in [1.165, 1.54) is 12.7 Å². The fraction of sp³-hybridized carbons (Fsp3) is 0.355. The SMILES string of the molecule is COc1ccc(C(=O)Nc2ccc(N3CCC(Cc4ccccc4)CC3)c(C(=O)NC(C)C)c2)c(OC)c1. The molecular weight excluding hydrogens is 478 g/mol. The van der Waals surface area contributed by atoms with Crippen LogP contribution in [0.15, 0.2) is 66.7 Å². The van der Waals surface area contributed by atoms with Gasteiger partial charge in [0.15, 0.2) is 0 Å². The van der Waals surface area contributed by atoms with Crippen LogP contribution in [0.3, 0.4) is 0 Å². The monoisotopic (exact) mass is 515 g/mol. The van der Waals surface area contributed by atoms with Gasteiger partial charge in [-0.25, -0.2) is 0 Å². The van der Waals surface area contributed by atoms with E-state index in [1.54, 1.807) is 31.4 Å². The van der Waals surface area contributed by atoms with E-state index in [9.17, 15) is 9.59 Å². The number of hydrogen-bond acceptors (Lipinski definition) is 5. The number of carbonyl (C=O) groups is 2. The third-order valence-electron chi connectivity index (χ3n) is 6.89. The maximum absolute atomic E-state index is 13.2. The summed E-state index contributed by atoms with van der Waals surface area (Å²) in [4.78, 5) is 28.6. The van der Waals surface area contributed by atoms with Gasteiger partial charge in [-0.3, -0.25) is 9.59 Å². The maximum atomic E-state index is 13.2. The van der Waals surface area contributed by atoms with Crippen molar-refractivity contribution in [3.8, 4) is 11.5 Å². The molecule has 1 heterocycles. The van der Waals surface area contributed by atoms with Crippen LogP contribution in [0.4, 0.5) is 11.4 Å². The fourth-order valence-electron chi connectivity index (χ4n) is 4.92. The van der Waals surface area contributed by atoms with Crippen molar-refractivity contribution in [2.75, 3.05) is 37.5 Å². The number of hydrogen-bond donors (Lipinski definition) is 2. The van der Waals surface area contributed by atoms with Crippen molar-refractivity contribution in [3.05, 3.63) is 83.4 Å². The van der Waals surface area contributed by atoms with E-state index in [2.05, 4.69) is 45.9 Å². The van der Waals surface area contributed by atoms with E-state index in [0.717, 1.165) is 38.0 Å². The van der Waals surface area contributed by atoms with E-state index in [0.29, 0.717) is 34.2 Å². The minimum atomic E-state index is -0.325. The van der Waals surface area contributed by atoms with Crippen LogP contribution in [0, 0.1) is 5.92 Å². The van der Waals surface area contributed by atoms with Crippen LogP contribution in [0.2, 0.25) is 0 Å². The van der Waals surface area contributed by atoms with Crippen LogP contribution in [0.25, 0.3) is 0 Å². The molecule has 38 heavy (non-hydrogen) atoms. The Hall–Kier alpha value is -4.00. The summed E-state index contributed by atoms with van der Waals surface area (Å²) in [6, 6.07) is 21.2. The van der Waals surface area contributed by atoms with E-state index < -0.39 is 0 Å². The van der Waals surface area contributed by atoms with Gasteiger partial charge in [-0.2, -0.15) is 0 Å². The highest BCUT2D eigenvalue weighted by Gasteiger charge is 2.24. The Kier molecular flexibility index (Phi) is 8.89. The summed E-state index contributed by atoms with van der Waals surface area (Å²) in [6.45, 7) is 5.64. The van der Waals surface area contributed by atoms with Crippen LogP contribution >= 0.6 is 0 Å². The molecule has 1 aliphatic rings. The third-order valence-corrected chi connectivity index (χ3v) is 6.89. The molecule has 1 fully saturated rings. The molecule has 2 amide bonds. The summed E-state index contributed by atoms with van der Waals surface area (Å²) < 4.78 is 10.6. The van der Waals surface area contributed by atoms with Gasteiger partial charge in [-0.15, -0.1) is 0 Å². The van der Waals surface area contributed by atoms with Crippen LogP contribution in [0.1, 0.15) is 53.0 Å². The van der Waals surface area contributed by atoms with Crippen molar-refractivity contribution in [1.82, 2.24) is 5.32 Å². The molecule has 0 unspecified atom stereocenters. The average Bonchev–Trinajstić information content (AvgIpc) is 2.93. The largest absolute Gasteiger partial charge is 0.497 e. The normalized spacial score (nSPS) is 13.8. The highest BCUT2D eigenvalue weighted by Crippen LogP contribution is 2.31. The number of amides is 2. The number of piperidine rings is 1. The fourth-order valence-corrected chi connectivity index (χ4v) is 4.92. The van der Waals surface area contributed by atoms with Crippen molar-refractivity contribution in [1.29, 1.82) is 0 Å². The highest BCUT2D eigenvalue weighted by molar-refractivity contribution is 6.08. The minimum absolute atomic E-state index is 0.00577. The van der Waals surface area contributed by atoms with Crippen molar-refractivity contribution in [2.24, 2.45) is 5.92 Å². The summed E-state index contributed by atoms with van der Waals surface area (Å²) in [5.41, 5.74) is 3.74. The maximum Gasteiger partial charge on any atom is 0.259 e. The summed E-state index contributed by atoms with van der Waals surface area (Å²) >= 11 is 0. The van der Waals surface area contributed by atoms with Crippen LogP contribution in [-0.2, 0) is 6.42 Å². The average molecular weight is 516 g/mol. The minimum Gasteiger partial charge on any atom is -0.497 e.